The van der Waals surface area contributed by atoms with E-state index in [9.17, 15) is 0 Å². The van der Waals surface area contributed by atoms with Crippen molar-refractivity contribution < 1.29 is 4.74 Å². The highest BCUT2D eigenvalue weighted by molar-refractivity contribution is 14.0. The van der Waals surface area contributed by atoms with Gasteiger partial charge in [-0.2, -0.15) is 0 Å². The summed E-state index contributed by atoms with van der Waals surface area (Å²) in [6, 6.07) is 0. The number of piperidine rings is 1. The van der Waals surface area contributed by atoms with E-state index in [-0.39, 0.29) is 24.0 Å². The molecule has 118 valence electrons. The highest BCUT2D eigenvalue weighted by Crippen LogP contribution is 2.17. The van der Waals surface area contributed by atoms with Gasteiger partial charge in [0, 0.05) is 32.8 Å². The molecule has 4 nitrogen and oxygen atoms in total. The lowest BCUT2D eigenvalue weighted by molar-refractivity contribution is 0.106. The number of nitrogens with zero attached hydrogens (tertiary/aromatic N) is 2. The molecule has 0 aliphatic carbocycles. The van der Waals surface area contributed by atoms with Gasteiger partial charge in [0.15, 0.2) is 5.96 Å². The number of likely N-dealkylation sites (tertiary alicyclic amines) is 1. The molecule has 0 amide bonds. The fraction of sp³-hybridized carbons (Fsp3) is 0.933. The Morgan fingerprint density at radius 3 is 2.65 bits per heavy atom. The average Bonchev–Trinajstić information content (AvgIpc) is 2.92. The molecule has 0 aromatic carbocycles. The lowest BCUT2D eigenvalue weighted by Gasteiger charge is -2.33. The lowest BCUT2D eigenvalue weighted by atomic mass is 10.00. The van der Waals surface area contributed by atoms with Crippen molar-refractivity contribution in [3.8, 4) is 0 Å². The van der Waals surface area contributed by atoms with Gasteiger partial charge in [0.1, 0.15) is 0 Å². The van der Waals surface area contributed by atoms with Gasteiger partial charge in [0.05, 0.1) is 6.10 Å². The fourth-order valence-electron chi connectivity index (χ4n) is 2.83. The summed E-state index contributed by atoms with van der Waals surface area (Å²) in [6.45, 7) is 9.56. The van der Waals surface area contributed by atoms with Crippen molar-refractivity contribution in [2.45, 2.75) is 52.1 Å². The summed E-state index contributed by atoms with van der Waals surface area (Å²) in [5.41, 5.74) is 0. The van der Waals surface area contributed by atoms with Gasteiger partial charge in [-0.1, -0.05) is 6.92 Å². The van der Waals surface area contributed by atoms with Crippen LogP contribution in [0.2, 0.25) is 0 Å². The van der Waals surface area contributed by atoms with Crippen LogP contribution in [-0.4, -0.2) is 49.7 Å². The topological polar surface area (TPSA) is 36.9 Å². The number of hydrogen-bond acceptors (Lipinski definition) is 2. The molecular weight excluding hydrogens is 365 g/mol. The maximum Gasteiger partial charge on any atom is 0.193 e. The van der Waals surface area contributed by atoms with Gasteiger partial charge in [-0.3, -0.25) is 4.99 Å². The molecule has 1 N–H and O–H groups in total. The first-order valence-electron chi connectivity index (χ1n) is 7.94. The van der Waals surface area contributed by atoms with Crippen LogP contribution >= 0.6 is 24.0 Å². The van der Waals surface area contributed by atoms with E-state index in [2.05, 4.69) is 24.1 Å². The van der Waals surface area contributed by atoms with Crippen molar-refractivity contribution in [2.75, 3.05) is 32.8 Å². The maximum atomic E-state index is 5.65. The van der Waals surface area contributed by atoms with E-state index >= 15 is 0 Å². The highest BCUT2D eigenvalue weighted by Gasteiger charge is 2.19. The van der Waals surface area contributed by atoms with Crippen LogP contribution in [0.25, 0.3) is 0 Å². The zero-order valence-electron chi connectivity index (χ0n) is 12.9. The van der Waals surface area contributed by atoms with Crippen molar-refractivity contribution in [3.63, 3.8) is 0 Å². The Hall–Kier alpha value is -0.0400. The van der Waals surface area contributed by atoms with Crippen LogP contribution in [0.1, 0.15) is 46.0 Å². The minimum Gasteiger partial charge on any atom is -0.378 e. The molecular formula is C15H30IN3O. The summed E-state index contributed by atoms with van der Waals surface area (Å²) in [4.78, 5) is 7.19. The average molecular weight is 395 g/mol. The number of halogens is 1. The third-order valence-corrected chi connectivity index (χ3v) is 4.15. The standard InChI is InChI=1S/C15H29N3O.HI/c1-3-16-15(18-10-7-13(2)8-11-18)17-9-6-14-5-4-12-19-14;/h13-14H,3-12H2,1-2H3,(H,16,17);1H. The van der Waals surface area contributed by atoms with E-state index in [4.69, 9.17) is 9.73 Å². The Morgan fingerprint density at radius 1 is 1.30 bits per heavy atom. The molecule has 0 saturated carbocycles. The Balaban J connectivity index is 0.00000200. The lowest BCUT2D eigenvalue weighted by Crippen LogP contribution is -2.45. The van der Waals surface area contributed by atoms with Crippen LogP contribution in [0.15, 0.2) is 4.99 Å². The molecule has 2 aliphatic heterocycles. The molecule has 0 spiro atoms. The quantitative estimate of drug-likeness (QED) is 0.452. The fourth-order valence-corrected chi connectivity index (χ4v) is 2.83. The van der Waals surface area contributed by atoms with E-state index in [0.717, 1.165) is 51.1 Å². The Bertz CT molecular complexity index is 285. The molecule has 0 aromatic rings. The zero-order chi connectivity index (χ0) is 13.5. The number of nitrogens with one attached hydrogen (secondary N) is 1. The van der Waals surface area contributed by atoms with Crippen LogP contribution in [0.5, 0.6) is 0 Å². The van der Waals surface area contributed by atoms with E-state index < -0.39 is 0 Å². The normalized spacial score (nSPS) is 24.6. The summed E-state index contributed by atoms with van der Waals surface area (Å²) in [7, 11) is 0. The molecule has 1 atom stereocenters. The van der Waals surface area contributed by atoms with E-state index in [1.54, 1.807) is 0 Å². The van der Waals surface area contributed by atoms with Crippen LogP contribution in [0.3, 0.4) is 0 Å². The Morgan fingerprint density at radius 2 is 2.05 bits per heavy atom. The summed E-state index contributed by atoms with van der Waals surface area (Å²) in [6.07, 6.45) is 6.53. The minimum absolute atomic E-state index is 0. The van der Waals surface area contributed by atoms with Gasteiger partial charge in [0.25, 0.3) is 0 Å². The molecule has 0 aromatic heterocycles. The van der Waals surface area contributed by atoms with Crippen LogP contribution in [-0.2, 0) is 4.74 Å². The smallest absolute Gasteiger partial charge is 0.193 e. The number of ether oxygens (including phenoxy) is 1. The minimum atomic E-state index is 0. The second kappa shape index (κ2) is 9.82. The molecule has 2 fully saturated rings. The first-order chi connectivity index (χ1) is 9.29. The molecule has 1 unspecified atom stereocenters. The van der Waals surface area contributed by atoms with Gasteiger partial charge in [-0.05, 0) is 44.9 Å². The Labute approximate surface area is 140 Å². The second-order valence-electron chi connectivity index (χ2n) is 5.83. The largest absolute Gasteiger partial charge is 0.378 e. The molecule has 20 heavy (non-hydrogen) atoms. The van der Waals surface area contributed by atoms with Crippen molar-refractivity contribution in [3.05, 3.63) is 0 Å². The van der Waals surface area contributed by atoms with Gasteiger partial charge < -0.3 is 15.0 Å². The summed E-state index contributed by atoms with van der Waals surface area (Å²) < 4.78 is 5.65. The second-order valence-corrected chi connectivity index (χ2v) is 5.83. The van der Waals surface area contributed by atoms with Gasteiger partial charge in [-0.25, -0.2) is 0 Å². The van der Waals surface area contributed by atoms with Crippen molar-refractivity contribution >= 4 is 29.9 Å². The number of guanidine groups is 1. The monoisotopic (exact) mass is 395 g/mol. The summed E-state index contributed by atoms with van der Waals surface area (Å²) in [5.74, 6) is 1.97. The highest BCUT2D eigenvalue weighted by atomic mass is 127. The predicted octanol–water partition coefficient (Wildman–Crippen LogP) is 2.87. The third-order valence-electron chi connectivity index (χ3n) is 4.15. The molecule has 0 bridgehead atoms. The Kier molecular flexibility index (Phi) is 8.84. The summed E-state index contributed by atoms with van der Waals surface area (Å²) in [5, 5.41) is 3.43. The van der Waals surface area contributed by atoms with E-state index in [1.165, 1.54) is 25.7 Å². The molecule has 2 aliphatic rings. The number of aliphatic imine (C=N–C) groups is 1. The van der Waals surface area contributed by atoms with Gasteiger partial charge in [0.2, 0.25) is 0 Å². The van der Waals surface area contributed by atoms with E-state index in [1.807, 2.05) is 0 Å². The summed E-state index contributed by atoms with van der Waals surface area (Å²) >= 11 is 0. The SMILES string of the molecule is CCNC(=NCCC1CCCO1)N1CCC(C)CC1.I. The number of hydrogen-bond donors (Lipinski definition) is 1. The van der Waals surface area contributed by atoms with Gasteiger partial charge in [-0.15, -0.1) is 24.0 Å². The molecule has 5 heteroatoms. The first kappa shape index (κ1) is 18.0. The van der Waals surface area contributed by atoms with Crippen LogP contribution in [0, 0.1) is 5.92 Å². The van der Waals surface area contributed by atoms with Crippen LogP contribution < -0.4 is 5.32 Å². The first-order valence-corrected chi connectivity index (χ1v) is 7.94. The van der Waals surface area contributed by atoms with Crippen molar-refractivity contribution in [2.24, 2.45) is 10.9 Å². The molecule has 2 saturated heterocycles. The maximum absolute atomic E-state index is 5.65. The van der Waals surface area contributed by atoms with Crippen LogP contribution in [0.4, 0.5) is 0 Å². The van der Waals surface area contributed by atoms with Crippen molar-refractivity contribution in [1.29, 1.82) is 0 Å². The third kappa shape index (κ3) is 5.76. The molecule has 2 rings (SSSR count). The zero-order valence-corrected chi connectivity index (χ0v) is 15.3. The molecule has 2 heterocycles. The van der Waals surface area contributed by atoms with E-state index in [0.29, 0.717) is 6.10 Å². The van der Waals surface area contributed by atoms with Crippen molar-refractivity contribution in [1.82, 2.24) is 10.2 Å². The molecule has 0 radical (unpaired) electrons. The predicted molar refractivity (Wildman–Crippen MR) is 95.0 cm³/mol. The number of rotatable bonds is 4. The van der Waals surface area contributed by atoms with Gasteiger partial charge >= 0.3 is 0 Å².